The SMILES string of the molecule is CN(C(=O)OCc1ccccc1)C1CCC(OCCO)CC1. The number of carbonyl (C=O) groups is 1. The monoisotopic (exact) mass is 307 g/mol. The second-order valence-corrected chi connectivity index (χ2v) is 5.68. The van der Waals surface area contributed by atoms with E-state index in [1.54, 1.807) is 11.9 Å². The fourth-order valence-corrected chi connectivity index (χ4v) is 2.79. The highest BCUT2D eigenvalue weighted by Gasteiger charge is 2.27. The van der Waals surface area contributed by atoms with Gasteiger partial charge in [0.2, 0.25) is 0 Å². The van der Waals surface area contributed by atoms with Crippen molar-refractivity contribution in [3.63, 3.8) is 0 Å². The quantitative estimate of drug-likeness (QED) is 0.877. The normalized spacial score (nSPS) is 21.4. The van der Waals surface area contributed by atoms with Crippen LogP contribution in [-0.2, 0) is 16.1 Å². The molecule has 1 aromatic carbocycles. The van der Waals surface area contributed by atoms with Crippen molar-refractivity contribution in [1.29, 1.82) is 0 Å². The Kier molecular flexibility index (Phi) is 6.68. The molecule has 0 saturated heterocycles. The lowest BCUT2D eigenvalue weighted by Crippen LogP contribution is -2.41. The first-order valence-electron chi connectivity index (χ1n) is 7.86. The molecule has 1 fully saturated rings. The molecule has 0 unspecified atom stereocenters. The molecule has 0 atom stereocenters. The summed E-state index contributed by atoms with van der Waals surface area (Å²) in [5, 5.41) is 8.77. The summed E-state index contributed by atoms with van der Waals surface area (Å²) in [5.41, 5.74) is 0.991. The fourth-order valence-electron chi connectivity index (χ4n) is 2.79. The van der Waals surface area contributed by atoms with E-state index in [9.17, 15) is 4.79 Å². The molecule has 122 valence electrons. The number of ether oxygens (including phenoxy) is 2. The topological polar surface area (TPSA) is 59.0 Å². The average Bonchev–Trinajstić information content (AvgIpc) is 2.58. The summed E-state index contributed by atoms with van der Waals surface area (Å²) in [6.45, 7) is 0.759. The van der Waals surface area contributed by atoms with Crippen LogP contribution < -0.4 is 0 Å². The lowest BCUT2D eigenvalue weighted by Gasteiger charge is -2.34. The molecule has 1 N–H and O–H groups in total. The highest BCUT2D eigenvalue weighted by atomic mass is 16.6. The average molecular weight is 307 g/mol. The standard InChI is InChI=1S/C17H25NO4/c1-18(15-7-9-16(10-8-15)21-12-11-19)17(20)22-13-14-5-3-2-4-6-14/h2-6,15-16,19H,7-13H2,1H3. The molecule has 0 aromatic heterocycles. The Morgan fingerprint density at radius 3 is 2.55 bits per heavy atom. The van der Waals surface area contributed by atoms with Crippen LogP contribution in [0.15, 0.2) is 30.3 Å². The van der Waals surface area contributed by atoms with E-state index >= 15 is 0 Å². The molecule has 2 rings (SSSR count). The number of rotatable bonds is 6. The van der Waals surface area contributed by atoms with E-state index < -0.39 is 0 Å². The third-order valence-electron chi connectivity index (χ3n) is 4.13. The molecule has 1 amide bonds. The van der Waals surface area contributed by atoms with Crippen LogP contribution in [0.3, 0.4) is 0 Å². The van der Waals surface area contributed by atoms with Crippen molar-refractivity contribution in [1.82, 2.24) is 4.90 Å². The number of aliphatic hydroxyl groups excluding tert-OH is 1. The van der Waals surface area contributed by atoms with Gasteiger partial charge in [-0.3, -0.25) is 0 Å². The minimum atomic E-state index is -0.274. The van der Waals surface area contributed by atoms with Crippen molar-refractivity contribution in [2.45, 2.75) is 44.4 Å². The van der Waals surface area contributed by atoms with Crippen molar-refractivity contribution in [3.8, 4) is 0 Å². The van der Waals surface area contributed by atoms with Gasteiger partial charge in [0.25, 0.3) is 0 Å². The number of hydrogen-bond acceptors (Lipinski definition) is 4. The Balaban J connectivity index is 1.72. The van der Waals surface area contributed by atoms with Crippen molar-refractivity contribution in [3.05, 3.63) is 35.9 Å². The van der Waals surface area contributed by atoms with E-state index in [-0.39, 0.29) is 24.8 Å². The predicted octanol–water partition coefficient (Wildman–Crippen LogP) is 2.58. The zero-order valence-corrected chi connectivity index (χ0v) is 13.1. The first kappa shape index (κ1) is 16.8. The summed E-state index contributed by atoms with van der Waals surface area (Å²) in [5.74, 6) is 0. The fraction of sp³-hybridized carbons (Fsp3) is 0.588. The zero-order valence-electron chi connectivity index (χ0n) is 13.1. The maximum Gasteiger partial charge on any atom is 0.410 e. The van der Waals surface area contributed by atoms with Crippen molar-refractivity contribution in [2.24, 2.45) is 0 Å². The summed E-state index contributed by atoms with van der Waals surface area (Å²) < 4.78 is 10.9. The Morgan fingerprint density at radius 2 is 1.91 bits per heavy atom. The molecule has 0 heterocycles. The van der Waals surface area contributed by atoms with Crippen molar-refractivity contribution >= 4 is 6.09 Å². The molecule has 0 bridgehead atoms. The highest BCUT2D eigenvalue weighted by molar-refractivity contribution is 5.67. The molecular formula is C17H25NO4. The minimum Gasteiger partial charge on any atom is -0.445 e. The summed E-state index contributed by atoms with van der Waals surface area (Å²) in [6, 6.07) is 9.89. The Morgan fingerprint density at radius 1 is 1.23 bits per heavy atom. The van der Waals surface area contributed by atoms with Crippen LogP contribution in [0.25, 0.3) is 0 Å². The molecular weight excluding hydrogens is 282 g/mol. The number of aliphatic hydroxyl groups is 1. The van der Waals surface area contributed by atoms with E-state index in [4.69, 9.17) is 14.6 Å². The van der Waals surface area contributed by atoms with E-state index in [2.05, 4.69) is 0 Å². The number of hydrogen-bond donors (Lipinski definition) is 1. The zero-order chi connectivity index (χ0) is 15.8. The maximum absolute atomic E-state index is 12.1. The van der Waals surface area contributed by atoms with Gasteiger partial charge in [-0.15, -0.1) is 0 Å². The van der Waals surface area contributed by atoms with E-state index in [1.807, 2.05) is 30.3 Å². The number of nitrogens with zero attached hydrogens (tertiary/aromatic N) is 1. The van der Waals surface area contributed by atoms with Gasteiger partial charge in [-0.25, -0.2) is 4.79 Å². The molecule has 22 heavy (non-hydrogen) atoms. The van der Waals surface area contributed by atoms with Gasteiger partial charge in [0, 0.05) is 13.1 Å². The molecule has 1 aliphatic rings. The summed E-state index contributed by atoms with van der Waals surface area (Å²) in [6.07, 6.45) is 3.59. The van der Waals surface area contributed by atoms with Crippen LogP contribution in [0.4, 0.5) is 4.79 Å². The smallest absolute Gasteiger partial charge is 0.410 e. The van der Waals surface area contributed by atoms with Crippen LogP contribution in [0.1, 0.15) is 31.2 Å². The van der Waals surface area contributed by atoms with Gasteiger partial charge in [-0.05, 0) is 31.2 Å². The van der Waals surface area contributed by atoms with Crippen LogP contribution in [0, 0.1) is 0 Å². The molecule has 0 radical (unpaired) electrons. The second-order valence-electron chi connectivity index (χ2n) is 5.68. The number of benzene rings is 1. The highest BCUT2D eigenvalue weighted by Crippen LogP contribution is 2.25. The van der Waals surface area contributed by atoms with Crippen LogP contribution in [-0.4, -0.2) is 48.5 Å². The van der Waals surface area contributed by atoms with Gasteiger partial charge in [0.15, 0.2) is 0 Å². The van der Waals surface area contributed by atoms with Gasteiger partial charge >= 0.3 is 6.09 Å². The van der Waals surface area contributed by atoms with Gasteiger partial charge in [0.1, 0.15) is 6.61 Å². The van der Waals surface area contributed by atoms with Crippen molar-refractivity contribution in [2.75, 3.05) is 20.3 Å². The lowest BCUT2D eigenvalue weighted by atomic mass is 9.92. The van der Waals surface area contributed by atoms with Crippen molar-refractivity contribution < 1.29 is 19.4 Å². The molecule has 5 nitrogen and oxygen atoms in total. The largest absolute Gasteiger partial charge is 0.445 e. The molecule has 1 aliphatic carbocycles. The minimum absolute atomic E-state index is 0.0612. The lowest BCUT2D eigenvalue weighted by molar-refractivity contribution is -0.00582. The van der Waals surface area contributed by atoms with Crippen LogP contribution >= 0.6 is 0 Å². The van der Waals surface area contributed by atoms with Gasteiger partial charge < -0.3 is 19.5 Å². The molecule has 1 aromatic rings. The van der Waals surface area contributed by atoms with Gasteiger partial charge in [0.05, 0.1) is 19.3 Å². The first-order chi connectivity index (χ1) is 10.7. The van der Waals surface area contributed by atoms with E-state index in [1.165, 1.54) is 0 Å². The van der Waals surface area contributed by atoms with Crippen LogP contribution in [0.5, 0.6) is 0 Å². The summed E-state index contributed by atoms with van der Waals surface area (Å²) >= 11 is 0. The number of carbonyl (C=O) groups excluding carboxylic acids is 1. The predicted molar refractivity (Wildman–Crippen MR) is 83.5 cm³/mol. The summed E-state index contributed by atoms with van der Waals surface area (Å²) in [7, 11) is 1.80. The molecule has 1 saturated carbocycles. The third-order valence-corrected chi connectivity index (χ3v) is 4.13. The Hall–Kier alpha value is -1.59. The Bertz CT molecular complexity index is 443. The summed E-state index contributed by atoms with van der Waals surface area (Å²) in [4.78, 5) is 13.8. The Labute approximate surface area is 131 Å². The van der Waals surface area contributed by atoms with Crippen LogP contribution in [0.2, 0.25) is 0 Å². The van der Waals surface area contributed by atoms with E-state index in [0.29, 0.717) is 13.2 Å². The van der Waals surface area contributed by atoms with Gasteiger partial charge in [-0.1, -0.05) is 30.3 Å². The van der Waals surface area contributed by atoms with Gasteiger partial charge in [-0.2, -0.15) is 0 Å². The maximum atomic E-state index is 12.1. The first-order valence-corrected chi connectivity index (χ1v) is 7.86. The van der Waals surface area contributed by atoms with E-state index in [0.717, 1.165) is 31.2 Å². The molecule has 0 spiro atoms. The molecule has 5 heteroatoms. The second kappa shape index (κ2) is 8.76. The molecule has 0 aliphatic heterocycles. The third kappa shape index (κ3) is 5.00. The number of amides is 1.